The molecule has 0 atom stereocenters. The molecule has 1 fully saturated rings. The monoisotopic (exact) mass is 306 g/mol. The van der Waals surface area contributed by atoms with Crippen LogP contribution in [-0.2, 0) is 10.0 Å². The van der Waals surface area contributed by atoms with E-state index < -0.39 is 10.0 Å². The second kappa shape index (κ2) is 5.71. The molecule has 1 saturated heterocycles. The van der Waals surface area contributed by atoms with E-state index in [1.807, 2.05) is 0 Å². The van der Waals surface area contributed by atoms with Gasteiger partial charge in [-0.25, -0.2) is 8.42 Å². The van der Waals surface area contributed by atoms with Crippen LogP contribution in [0.25, 0.3) is 6.08 Å². The van der Waals surface area contributed by atoms with Crippen LogP contribution < -0.4 is 5.32 Å². The molecule has 1 aliphatic heterocycles. The SMILES string of the molecule is O=C1CC=Cc2c1cccc2S(=O)(=O)N1CCCNCC1. The largest absolute Gasteiger partial charge is 0.315 e. The van der Waals surface area contributed by atoms with E-state index in [4.69, 9.17) is 0 Å². The number of allylic oxidation sites excluding steroid dienone is 1. The number of nitrogens with one attached hydrogen (secondary N) is 1. The zero-order chi connectivity index (χ0) is 14.9. The molecule has 0 amide bonds. The molecule has 1 heterocycles. The van der Waals surface area contributed by atoms with Crippen molar-refractivity contribution in [2.75, 3.05) is 26.2 Å². The predicted molar refractivity (Wildman–Crippen MR) is 80.7 cm³/mol. The van der Waals surface area contributed by atoms with Gasteiger partial charge in [0.2, 0.25) is 10.0 Å². The maximum atomic E-state index is 12.9. The summed E-state index contributed by atoms with van der Waals surface area (Å²) in [6.07, 6.45) is 4.61. The summed E-state index contributed by atoms with van der Waals surface area (Å²) in [7, 11) is -3.56. The normalized spacial score (nSPS) is 20.1. The molecule has 1 aliphatic carbocycles. The Balaban J connectivity index is 2.06. The first-order valence-corrected chi connectivity index (χ1v) is 8.58. The fraction of sp³-hybridized carbons (Fsp3) is 0.400. The van der Waals surface area contributed by atoms with Crippen molar-refractivity contribution in [3.05, 3.63) is 35.4 Å². The lowest BCUT2D eigenvalue weighted by atomic mass is 9.96. The molecule has 0 saturated carbocycles. The van der Waals surface area contributed by atoms with E-state index in [-0.39, 0.29) is 10.7 Å². The van der Waals surface area contributed by atoms with Crippen LogP contribution in [0.2, 0.25) is 0 Å². The quantitative estimate of drug-likeness (QED) is 0.893. The number of ketones is 1. The van der Waals surface area contributed by atoms with E-state index in [9.17, 15) is 13.2 Å². The number of nitrogens with zero attached hydrogens (tertiary/aromatic N) is 1. The van der Waals surface area contributed by atoms with Gasteiger partial charge in [-0.1, -0.05) is 24.3 Å². The van der Waals surface area contributed by atoms with E-state index in [1.165, 1.54) is 4.31 Å². The van der Waals surface area contributed by atoms with Crippen molar-refractivity contribution in [3.63, 3.8) is 0 Å². The van der Waals surface area contributed by atoms with Gasteiger partial charge in [0.05, 0.1) is 4.90 Å². The zero-order valence-electron chi connectivity index (χ0n) is 11.7. The van der Waals surface area contributed by atoms with Crippen molar-refractivity contribution in [2.24, 2.45) is 0 Å². The van der Waals surface area contributed by atoms with Crippen LogP contribution in [0, 0.1) is 0 Å². The van der Waals surface area contributed by atoms with Gasteiger partial charge >= 0.3 is 0 Å². The molecule has 1 aromatic rings. The highest BCUT2D eigenvalue weighted by Gasteiger charge is 2.29. The number of benzene rings is 1. The standard InChI is InChI=1S/C15H18N2O3S/c18-14-6-1-5-13-12(14)4-2-7-15(13)21(19,20)17-10-3-8-16-9-11-17/h1-2,4-5,7,16H,3,6,8-11H2. The van der Waals surface area contributed by atoms with Crippen molar-refractivity contribution in [2.45, 2.75) is 17.7 Å². The number of carbonyl (C=O) groups is 1. The van der Waals surface area contributed by atoms with Gasteiger partial charge in [0.25, 0.3) is 0 Å². The smallest absolute Gasteiger partial charge is 0.243 e. The molecule has 3 rings (SSSR count). The molecule has 0 aromatic heterocycles. The summed E-state index contributed by atoms with van der Waals surface area (Å²) in [5.74, 6) is -0.0258. The summed E-state index contributed by atoms with van der Waals surface area (Å²) in [5.41, 5.74) is 1.04. The number of hydrogen-bond acceptors (Lipinski definition) is 4. The van der Waals surface area contributed by atoms with Gasteiger partial charge in [0, 0.05) is 37.2 Å². The fourth-order valence-corrected chi connectivity index (χ4v) is 4.46. The summed E-state index contributed by atoms with van der Waals surface area (Å²) >= 11 is 0. The maximum Gasteiger partial charge on any atom is 0.243 e. The molecule has 112 valence electrons. The first kappa shape index (κ1) is 14.4. The van der Waals surface area contributed by atoms with Crippen LogP contribution >= 0.6 is 0 Å². The first-order chi connectivity index (χ1) is 10.1. The third-order valence-corrected chi connectivity index (χ3v) is 5.83. The van der Waals surface area contributed by atoms with Gasteiger partial charge < -0.3 is 5.32 Å². The van der Waals surface area contributed by atoms with Crippen molar-refractivity contribution < 1.29 is 13.2 Å². The van der Waals surface area contributed by atoms with Gasteiger partial charge in [0.15, 0.2) is 5.78 Å². The van der Waals surface area contributed by atoms with Crippen LogP contribution in [0.3, 0.4) is 0 Å². The van der Waals surface area contributed by atoms with Crippen LogP contribution in [0.4, 0.5) is 0 Å². The molecule has 0 spiro atoms. The molecule has 0 bridgehead atoms. The van der Waals surface area contributed by atoms with Crippen LogP contribution in [0.5, 0.6) is 0 Å². The lowest BCUT2D eigenvalue weighted by molar-refractivity contribution is 0.0994. The molecule has 1 N–H and O–H groups in total. The fourth-order valence-electron chi connectivity index (χ4n) is 2.78. The molecule has 2 aliphatic rings. The number of Topliss-reactive ketones (excluding diaryl/α,β-unsaturated/α-hetero) is 1. The number of fused-ring (bicyclic) bond motifs is 1. The Labute approximate surface area is 124 Å². The zero-order valence-corrected chi connectivity index (χ0v) is 12.5. The van der Waals surface area contributed by atoms with E-state index in [1.54, 1.807) is 30.4 Å². The Morgan fingerprint density at radius 1 is 1.14 bits per heavy atom. The average Bonchev–Trinajstić information content (AvgIpc) is 2.77. The second-order valence-electron chi connectivity index (χ2n) is 5.25. The van der Waals surface area contributed by atoms with Crippen molar-refractivity contribution in [1.82, 2.24) is 9.62 Å². The minimum absolute atomic E-state index is 0.0258. The van der Waals surface area contributed by atoms with Gasteiger partial charge in [-0.3, -0.25) is 4.79 Å². The Morgan fingerprint density at radius 3 is 2.86 bits per heavy atom. The van der Waals surface area contributed by atoms with Crippen LogP contribution in [0.15, 0.2) is 29.2 Å². The van der Waals surface area contributed by atoms with Crippen LogP contribution in [-0.4, -0.2) is 44.7 Å². The molecule has 5 nitrogen and oxygen atoms in total. The molecule has 6 heteroatoms. The molecule has 21 heavy (non-hydrogen) atoms. The van der Waals surface area contributed by atoms with E-state index >= 15 is 0 Å². The molecule has 1 aromatic carbocycles. The maximum absolute atomic E-state index is 12.9. The van der Waals surface area contributed by atoms with Gasteiger partial charge in [-0.15, -0.1) is 0 Å². The van der Waals surface area contributed by atoms with E-state index in [2.05, 4.69) is 5.32 Å². The third-order valence-electron chi connectivity index (χ3n) is 3.87. The Kier molecular flexibility index (Phi) is 3.93. The Morgan fingerprint density at radius 2 is 2.00 bits per heavy atom. The van der Waals surface area contributed by atoms with E-state index in [0.717, 1.165) is 13.0 Å². The Bertz CT molecular complexity index is 687. The van der Waals surface area contributed by atoms with Gasteiger partial charge in [0.1, 0.15) is 0 Å². The first-order valence-electron chi connectivity index (χ1n) is 7.14. The summed E-state index contributed by atoms with van der Waals surface area (Å²) in [6.45, 7) is 2.46. The average molecular weight is 306 g/mol. The lowest BCUT2D eigenvalue weighted by Crippen LogP contribution is -2.34. The van der Waals surface area contributed by atoms with Crippen molar-refractivity contribution in [1.29, 1.82) is 0 Å². The minimum Gasteiger partial charge on any atom is -0.315 e. The number of rotatable bonds is 2. The lowest BCUT2D eigenvalue weighted by Gasteiger charge is -2.22. The van der Waals surface area contributed by atoms with Gasteiger partial charge in [-0.05, 0) is 19.0 Å². The third kappa shape index (κ3) is 2.66. The molecule has 0 unspecified atom stereocenters. The van der Waals surface area contributed by atoms with Crippen LogP contribution in [0.1, 0.15) is 28.8 Å². The number of sulfonamides is 1. The van der Waals surface area contributed by atoms with Gasteiger partial charge in [-0.2, -0.15) is 4.31 Å². The van der Waals surface area contributed by atoms with Crippen molar-refractivity contribution >= 4 is 21.9 Å². The highest BCUT2D eigenvalue weighted by atomic mass is 32.2. The highest BCUT2D eigenvalue weighted by Crippen LogP contribution is 2.28. The number of hydrogen-bond donors (Lipinski definition) is 1. The van der Waals surface area contributed by atoms with E-state index in [0.29, 0.717) is 37.2 Å². The highest BCUT2D eigenvalue weighted by molar-refractivity contribution is 7.89. The summed E-state index contributed by atoms with van der Waals surface area (Å²) in [6, 6.07) is 4.94. The topological polar surface area (TPSA) is 66.5 Å². The molecular formula is C15H18N2O3S. The number of carbonyl (C=O) groups excluding carboxylic acids is 1. The molecule has 0 radical (unpaired) electrons. The Hall–Kier alpha value is -1.50. The predicted octanol–water partition coefficient (Wildman–Crippen LogP) is 1.27. The summed E-state index contributed by atoms with van der Waals surface area (Å²) < 4.78 is 27.3. The minimum atomic E-state index is -3.56. The molecular weight excluding hydrogens is 288 g/mol. The summed E-state index contributed by atoms with van der Waals surface area (Å²) in [4.78, 5) is 12.2. The summed E-state index contributed by atoms with van der Waals surface area (Å²) in [5, 5.41) is 3.20. The second-order valence-corrected chi connectivity index (χ2v) is 7.16. The van der Waals surface area contributed by atoms with Crippen molar-refractivity contribution in [3.8, 4) is 0 Å².